The van der Waals surface area contributed by atoms with Crippen LogP contribution in [0.15, 0.2) is 0 Å². The Balaban J connectivity index is 2.02. The highest BCUT2D eigenvalue weighted by Gasteiger charge is 2.24. The molecule has 0 saturated heterocycles. The Labute approximate surface area is 69.0 Å². The maximum absolute atomic E-state index is 8.60. The Bertz CT molecular complexity index is 102. The molecule has 11 heavy (non-hydrogen) atoms. The fourth-order valence-corrected chi connectivity index (χ4v) is 1.42. The van der Waals surface area contributed by atoms with Crippen molar-refractivity contribution in [3.8, 4) is 0 Å². The molecule has 1 atom stereocenters. The highest BCUT2D eigenvalue weighted by Crippen LogP contribution is 2.33. The minimum atomic E-state index is 0.265. The predicted molar refractivity (Wildman–Crippen MR) is 46.5 cm³/mol. The first-order valence-electron chi connectivity index (χ1n) is 4.71. The van der Waals surface area contributed by atoms with E-state index < -0.39 is 0 Å². The fraction of sp³-hybridized carbons (Fsp3) is 1.00. The zero-order chi connectivity index (χ0) is 8.10. The fourth-order valence-electron chi connectivity index (χ4n) is 1.42. The van der Waals surface area contributed by atoms with Crippen LogP contribution in [0.4, 0.5) is 0 Å². The molecular formula is C9H19NO. The summed E-state index contributed by atoms with van der Waals surface area (Å²) in [5, 5.41) is 11.9. The quantitative estimate of drug-likeness (QED) is 0.606. The third-order valence-corrected chi connectivity index (χ3v) is 2.35. The number of hydrogen-bond acceptors (Lipinski definition) is 2. The zero-order valence-corrected chi connectivity index (χ0v) is 7.34. The van der Waals surface area contributed by atoms with Crippen LogP contribution < -0.4 is 5.32 Å². The lowest BCUT2D eigenvalue weighted by Gasteiger charge is -2.15. The molecule has 0 amide bonds. The van der Waals surface area contributed by atoms with Gasteiger partial charge in [-0.15, -0.1) is 0 Å². The molecule has 1 rings (SSSR count). The number of hydrogen-bond donors (Lipinski definition) is 2. The average molecular weight is 157 g/mol. The average Bonchev–Trinajstić information content (AvgIpc) is 2.81. The molecule has 1 aliphatic rings. The molecule has 0 aromatic carbocycles. The molecule has 0 radical (unpaired) electrons. The maximum Gasteiger partial charge on any atom is 0.0556 e. The molecule has 0 aromatic rings. The molecule has 1 saturated carbocycles. The lowest BCUT2D eigenvalue weighted by atomic mass is 10.1. The third kappa shape index (κ3) is 3.73. The lowest BCUT2D eigenvalue weighted by molar-refractivity contribution is 0.279. The van der Waals surface area contributed by atoms with Crippen LogP contribution in [0.1, 0.15) is 32.6 Å². The molecular weight excluding hydrogens is 138 g/mol. The Hall–Kier alpha value is -0.0800. The normalized spacial score (nSPS) is 20.2. The third-order valence-electron chi connectivity index (χ3n) is 2.35. The summed E-state index contributed by atoms with van der Waals surface area (Å²) in [5.41, 5.74) is 0. The Morgan fingerprint density at radius 2 is 2.27 bits per heavy atom. The smallest absolute Gasteiger partial charge is 0.0556 e. The van der Waals surface area contributed by atoms with Crippen molar-refractivity contribution >= 4 is 0 Å². The maximum atomic E-state index is 8.60. The van der Waals surface area contributed by atoms with Crippen molar-refractivity contribution in [2.24, 2.45) is 5.92 Å². The van der Waals surface area contributed by atoms with Crippen LogP contribution in [0.25, 0.3) is 0 Å². The Kier molecular flexibility index (Phi) is 3.87. The molecule has 2 N–H and O–H groups in total. The molecule has 0 bridgehead atoms. The first-order valence-corrected chi connectivity index (χ1v) is 4.71. The SMILES string of the molecule is CCC(CC1CC1)NCCO. The highest BCUT2D eigenvalue weighted by atomic mass is 16.3. The summed E-state index contributed by atoms with van der Waals surface area (Å²) in [6.45, 7) is 3.23. The van der Waals surface area contributed by atoms with Gasteiger partial charge < -0.3 is 10.4 Å². The Morgan fingerprint density at radius 3 is 2.73 bits per heavy atom. The van der Waals surface area contributed by atoms with Gasteiger partial charge in [-0.3, -0.25) is 0 Å². The highest BCUT2D eigenvalue weighted by molar-refractivity contribution is 4.79. The minimum Gasteiger partial charge on any atom is -0.395 e. The van der Waals surface area contributed by atoms with E-state index in [4.69, 9.17) is 5.11 Å². The van der Waals surface area contributed by atoms with E-state index in [0.717, 1.165) is 12.5 Å². The van der Waals surface area contributed by atoms with Gasteiger partial charge in [-0.1, -0.05) is 19.8 Å². The van der Waals surface area contributed by atoms with E-state index in [1.807, 2.05) is 0 Å². The second kappa shape index (κ2) is 4.73. The van der Waals surface area contributed by atoms with E-state index in [1.165, 1.54) is 25.7 Å². The summed E-state index contributed by atoms with van der Waals surface area (Å²) >= 11 is 0. The van der Waals surface area contributed by atoms with Crippen molar-refractivity contribution in [1.82, 2.24) is 5.32 Å². The summed E-state index contributed by atoms with van der Waals surface area (Å²) in [7, 11) is 0. The van der Waals surface area contributed by atoms with Gasteiger partial charge >= 0.3 is 0 Å². The first-order chi connectivity index (χ1) is 5.36. The number of nitrogens with one attached hydrogen (secondary N) is 1. The summed E-state index contributed by atoms with van der Waals surface area (Å²) in [6, 6.07) is 0.648. The van der Waals surface area contributed by atoms with Crippen LogP contribution in [0.5, 0.6) is 0 Å². The monoisotopic (exact) mass is 157 g/mol. The molecule has 1 fully saturated rings. The molecule has 0 spiro atoms. The van der Waals surface area contributed by atoms with E-state index in [0.29, 0.717) is 6.04 Å². The summed E-state index contributed by atoms with van der Waals surface area (Å²) in [5.74, 6) is 0.992. The van der Waals surface area contributed by atoms with Crippen molar-refractivity contribution in [3.05, 3.63) is 0 Å². The van der Waals surface area contributed by atoms with Gasteiger partial charge in [-0.25, -0.2) is 0 Å². The van der Waals surface area contributed by atoms with Gasteiger partial charge in [0, 0.05) is 12.6 Å². The standard InChI is InChI=1S/C9H19NO/c1-2-9(10-5-6-11)7-8-3-4-8/h8-11H,2-7H2,1H3. The summed E-state index contributed by atoms with van der Waals surface area (Å²) in [6.07, 6.45) is 5.36. The van der Waals surface area contributed by atoms with Crippen molar-refractivity contribution in [1.29, 1.82) is 0 Å². The van der Waals surface area contributed by atoms with Gasteiger partial charge in [0.25, 0.3) is 0 Å². The van der Waals surface area contributed by atoms with Crippen molar-refractivity contribution in [2.75, 3.05) is 13.2 Å². The molecule has 1 unspecified atom stereocenters. The van der Waals surface area contributed by atoms with Crippen LogP contribution in [0.3, 0.4) is 0 Å². The number of aliphatic hydroxyl groups excluding tert-OH is 1. The topological polar surface area (TPSA) is 32.3 Å². The molecule has 0 aromatic heterocycles. The van der Waals surface area contributed by atoms with Gasteiger partial charge in [0.1, 0.15) is 0 Å². The largest absolute Gasteiger partial charge is 0.395 e. The molecule has 1 aliphatic carbocycles. The summed E-state index contributed by atoms with van der Waals surface area (Å²) < 4.78 is 0. The predicted octanol–water partition coefficient (Wildman–Crippen LogP) is 1.15. The van der Waals surface area contributed by atoms with Crippen LogP contribution in [-0.4, -0.2) is 24.3 Å². The lowest BCUT2D eigenvalue weighted by Crippen LogP contribution is -2.31. The molecule has 2 heteroatoms. The number of rotatable bonds is 6. The van der Waals surface area contributed by atoms with Crippen molar-refractivity contribution < 1.29 is 5.11 Å². The Morgan fingerprint density at radius 1 is 1.55 bits per heavy atom. The second-order valence-electron chi connectivity index (χ2n) is 3.46. The zero-order valence-electron chi connectivity index (χ0n) is 7.34. The van der Waals surface area contributed by atoms with Crippen LogP contribution in [-0.2, 0) is 0 Å². The minimum absolute atomic E-state index is 0.265. The van der Waals surface area contributed by atoms with E-state index >= 15 is 0 Å². The van der Waals surface area contributed by atoms with Gasteiger partial charge in [-0.2, -0.15) is 0 Å². The second-order valence-corrected chi connectivity index (χ2v) is 3.46. The van der Waals surface area contributed by atoms with Gasteiger partial charge in [0.05, 0.1) is 6.61 Å². The first kappa shape index (κ1) is 9.01. The van der Waals surface area contributed by atoms with E-state index in [9.17, 15) is 0 Å². The molecule has 0 heterocycles. The molecule has 0 aliphatic heterocycles. The van der Waals surface area contributed by atoms with E-state index in [1.54, 1.807) is 0 Å². The van der Waals surface area contributed by atoms with Crippen molar-refractivity contribution in [2.45, 2.75) is 38.6 Å². The van der Waals surface area contributed by atoms with Gasteiger partial charge in [-0.05, 0) is 18.8 Å². The summed E-state index contributed by atoms with van der Waals surface area (Å²) in [4.78, 5) is 0. The van der Waals surface area contributed by atoms with Crippen LogP contribution >= 0.6 is 0 Å². The molecule has 66 valence electrons. The van der Waals surface area contributed by atoms with Crippen LogP contribution in [0, 0.1) is 5.92 Å². The van der Waals surface area contributed by atoms with E-state index in [2.05, 4.69) is 12.2 Å². The van der Waals surface area contributed by atoms with E-state index in [-0.39, 0.29) is 6.61 Å². The molecule has 2 nitrogen and oxygen atoms in total. The van der Waals surface area contributed by atoms with Crippen molar-refractivity contribution in [3.63, 3.8) is 0 Å². The van der Waals surface area contributed by atoms with Crippen LogP contribution in [0.2, 0.25) is 0 Å². The number of aliphatic hydroxyl groups is 1. The van der Waals surface area contributed by atoms with Gasteiger partial charge in [0.15, 0.2) is 0 Å². The van der Waals surface area contributed by atoms with Gasteiger partial charge in [0.2, 0.25) is 0 Å².